The zero-order valence-electron chi connectivity index (χ0n) is 19.4. The van der Waals surface area contributed by atoms with Crippen molar-refractivity contribution in [1.82, 2.24) is 0 Å². The predicted octanol–water partition coefficient (Wildman–Crippen LogP) is 7.48. The molecule has 0 amide bonds. The molecule has 31 heavy (non-hydrogen) atoms. The predicted molar refractivity (Wildman–Crippen MR) is 128 cm³/mol. The van der Waals surface area contributed by atoms with Crippen molar-refractivity contribution in [2.24, 2.45) is 0 Å². The van der Waals surface area contributed by atoms with Crippen LogP contribution in [0.25, 0.3) is 22.4 Å². The summed E-state index contributed by atoms with van der Waals surface area (Å²) in [5.41, 5.74) is 10.5. The van der Waals surface area contributed by atoms with E-state index in [9.17, 15) is 0 Å². The molecule has 6 rings (SSSR count). The number of fused-ring (bicyclic) bond motifs is 8. The van der Waals surface area contributed by atoms with Gasteiger partial charge in [-0.15, -0.1) is 0 Å². The normalized spacial score (nSPS) is 30.1. The Kier molecular flexibility index (Phi) is 4.07. The molecule has 0 saturated heterocycles. The fraction of sp³-hybridized carbons (Fsp3) is 0.433. The summed E-state index contributed by atoms with van der Waals surface area (Å²) in [4.78, 5) is 0. The Hall–Kier alpha value is -2.41. The minimum absolute atomic E-state index is 0.0786. The number of benzene rings is 2. The second-order valence-corrected chi connectivity index (χ2v) is 10.6. The number of pyridine rings is 1. The molecule has 3 aromatic rings. The van der Waals surface area contributed by atoms with Gasteiger partial charge in [0.25, 0.3) is 0 Å². The van der Waals surface area contributed by atoms with E-state index in [-0.39, 0.29) is 11.0 Å². The van der Waals surface area contributed by atoms with Gasteiger partial charge in [-0.05, 0) is 72.8 Å². The van der Waals surface area contributed by atoms with Crippen molar-refractivity contribution < 1.29 is 4.57 Å². The second-order valence-electron chi connectivity index (χ2n) is 10.6. The van der Waals surface area contributed by atoms with E-state index in [1.807, 2.05) is 0 Å². The van der Waals surface area contributed by atoms with E-state index < -0.39 is 0 Å². The maximum absolute atomic E-state index is 2.70. The minimum atomic E-state index is 0.0786. The first-order valence-electron chi connectivity index (χ1n) is 12.3. The highest BCUT2D eigenvalue weighted by atomic mass is 15.1. The molecule has 0 radical (unpaired) electrons. The fourth-order valence-electron chi connectivity index (χ4n) is 7.18. The lowest BCUT2D eigenvalue weighted by Crippen LogP contribution is -2.67. The maximum atomic E-state index is 2.70. The van der Waals surface area contributed by atoms with Crippen molar-refractivity contribution in [3.05, 3.63) is 77.5 Å². The molecule has 1 aliphatic heterocycles. The summed E-state index contributed by atoms with van der Waals surface area (Å²) >= 11 is 0. The third kappa shape index (κ3) is 2.41. The van der Waals surface area contributed by atoms with Crippen molar-refractivity contribution in [2.75, 3.05) is 0 Å². The number of hydrogen-bond donors (Lipinski definition) is 0. The average Bonchev–Trinajstić information content (AvgIpc) is 3.44. The molecule has 1 nitrogen and oxygen atoms in total. The highest BCUT2D eigenvalue weighted by molar-refractivity contribution is 5.75. The van der Waals surface area contributed by atoms with Gasteiger partial charge in [-0.3, -0.25) is 0 Å². The first-order chi connectivity index (χ1) is 15.0. The number of nitrogens with zero attached hydrogens (tertiary/aromatic N) is 1. The molecule has 1 fully saturated rings. The van der Waals surface area contributed by atoms with Crippen LogP contribution in [0.4, 0.5) is 0 Å². The lowest BCUT2D eigenvalue weighted by atomic mass is 9.60. The summed E-state index contributed by atoms with van der Waals surface area (Å²) in [5, 5.41) is 0. The van der Waals surface area contributed by atoms with Gasteiger partial charge in [-0.1, -0.05) is 56.3 Å². The van der Waals surface area contributed by atoms with E-state index in [1.54, 1.807) is 11.1 Å². The van der Waals surface area contributed by atoms with Crippen molar-refractivity contribution in [1.29, 1.82) is 0 Å². The molecule has 158 valence electrons. The SMILES string of the molecule is CCC1(C)c2ccc(-c3ccccc3)cc2-c2cc3c(c[n+]2C1(C)CC)C1CCC3C1. The Morgan fingerprint density at radius 2 is 1.58 bits per heavy atom. The first kappa shape index (κ1) is 19.3. The van der Waals surface area contributed by atoms with Crippen molar-refractivity contribution >= 4 is 0 Å². The van der Waals surface area contributed by atoms with Gasteiger partial charge in [0, 0.05) is 25.0 Å². The quantitative estimate of drug-likeness (QED) is 0.396. The lowest BCUT2D eigenvalue weighted by Gasteiger charge is -2.46. The molecule has 4 unspecified atom stereocenters. The van der Waals surface area contributed by atoms with Crippen molar-refractivity contribution in [3.8, 4) is 22.4 Å². The molecule has 1 aromatic heterocycles. The Balaban J connectivity index is 1.65. The van der Waals surface area contributed by atoms with Crippen LogP contribution in [0.2, 0.25) is 0 Å². The van der Waals surface area contributed by atoms with Crippen LogP contribution in [-0.4, -0.2) is 0 Å². The Labute approximate surface area is 187 Å². The van der Waals surface area contributed by atoms with Crippen LogP contribution in [0.15, 0.2) is 60.8 Å². The van der Waals surface area contributed by atoms with E-state index >= 15 is 0 Å². The smallest absolute Gasteiger partial charge is 0.192 e. The average molecular weight is 409 g/mol. The van der Waals surface area contributed by atoms with E-state index in [4.69, 9.17) is 0 Å². The van der Waals surface area contributed by atoms with Gasteiger partial charge in [0.1, 0.15) is 0 Å². The minimum Gasteiger partial charge on any atom is -0.192 e. The first-order valence-corrected chi connectivity index (χ1v) is 12.3. The summed E-state index contributed by atoms with van der Waals surface area (Å²) in [5.74, 6) is 1.59. The van der Waals surface area contributed by atoms with Crippen molar-refractivity contribution in [3.63, 3.8) is 0 Å². The topological polar surface area (TPSA) is 3.88 Å². The molecular weight excluding hydrogens is 374 g/mol. The zero-order chi connectivity index (χ0) is 21.4. The highest BCUT2D eigenvalue weighted by Crippen LogP contribution is 2.56. The van der Waals surface area contributed by atoms with Gasteiger partial charge in [0.15, 0.2) is 11.7 Å². The molecule has 2 aromatic carbocycles. The third-order valence-electron chi connectivity index (χ3n) is 9.58. The molecule has 2 heterocycles. The number of hydrogen-bond acceptors (Lipinski definition) is 0. The van der Waals surface area contributed by atoms with E-state index in [0.29, 0.717) is 0 Å². The summed E-state index contributed by atoms with van der Waals surface area (Å²) in [6, 6.07) is 20.7. The molecule has 0 N–H and O–H groups in total. The van der Waals surface area contributed by atoms with E-state index in [2.05, 4.69) is 93.1 Å². The molecule has 3 aliphatic rings. The molecule has 0 spiro atoms. The van der Waals surface area contributed by atoms with Crippen LogP contribution in [0.1, 0.15) is 88.3 Å². The summed E-state index contributed by atoms with van der Waals surface area (Å²) in [7, 11) is 0. The Morgan fingerprint density at radius 3 is 2.29 bits per heavy atom. The molecule has 1 saturated carbocycles. The maximum Gasteiger partial charge on any atom is 0.213 e. The standard InChI is InChI=1S/C30H34N/c1-5-29(3)27-15-14-21(20-10-8-7-9-11-20)17-25(27)28-18-24-22-12-13-23(16-22)26(24)19-31(28)30(29,4)6-2/h7-11,14-15,17-19,22-23H,5-6,12-13,16H2,1-4H3/q+1. The monoisotopic (exact) mass is 408 g/mol. The number of aromatic nitrogens is 1. The van der Waals surface area contributed by atoms with Crippen LogP contribution >= 0.6 is 0 Å². The molecule has 1 heteroatoms. The largest absolute Gasteiger partial charge is 0.213 e. The third-order valence-corrected chi connectivity index (χ3v) is 9.58. The van der Waals surface area contributed by atoms with Gasteiger partial charge in [-0.2, -0.15) is 4.57 Å². The van der Waals surface area contributed by atoms with Crippen LogP contribution in [0.3, 0.4) is 0 Å². The van der Waals surface area contributed by atoms with Crippen LogP contribution in [-0.2, 0) is 11.0 Å². The molecule has 4 atom stereocenters. The van der Waals surface area contributed by atoms with Crippen LogP contribution in [0.5, 0.6) is 0 Å². The molecule has 2 bridgehead atoms. The van der Waals surface area contributed by atoms with E-state index in [1.165, 1.54) is 47.2 Å². The Bertz CT molecular complexity index is 1180. The van der Waals surface area contributed by atoms with Gasteiger partial charge in [0.05, 0.1) is 11.0 Å². The summed E-state index contributed by atoms with van der Waals surface area (Å²) in [6.45, 7) is 9.78. The lowest BCUT2D eigenvalue weighted by molar-refractivity contribution is -0.765. The molecule has 2 aliphatic carbocycles. The second kappa shape index (κ2) is 6.55. The summed E-state index contributed by atoms with van der Waals surface area (Å²) < 4.78 is 2.70. The van der Waals surface area contributed by atoms with Gasteiger partial charge < -0.3 is 0 Å². The number of rotatable bonds is 3. The summed E-state index contributed by atoms with van der Waals surface area (Å²) in [6.07, 6.45) is 9.02. The van der Waals surface area contributed by atoms with Crippen LogP contribution in [0, 0.1) is 0 Å². The van der Waals surface area contributed by atoms with Gasteiger partial charge in [0.2, 0.25) is 5.69 Å². The zero-order valence-corrected chi connectivity index (χ0v) is 19.4. The van der Waals surface area contributed by atoms with Gasteiger partial charge in [-0.25, -0.2) is 0 Å². The van der Waals surface area contributed by atoms with Crippen LogP contribution < -0.4 is 4.57 Å². The van der Waals surface area contributed by atoms with Crippen molar-refractivity contribution in [2.45, 2.75) is 82.6 Å². The van der Waals surface area contributed by atoms with Gasteiger partial charge >= 0.3 is 0 Å². The highest BCUT2D eigenvalue weighted by Gasteiger charge is 2.57. The fourth-order valence-corrected chi connectivity index (χ4v) is 7.18. The Morgan fingerprint density at radius 1 is 0.839 bits per heavy atom. The molecular formula is C30H34N+. The van der Waals surface area contributed by atoms with E-state index in [0.717, 1.165) is 24.7 Å².